The highest BCUT2D eigenvalue weighted by atomic mass is 35.5. The van der Waals surface area contributed by atoms with Gasteiger partial charge in [0.2, 0.25) is 5.91 Å². The Morgan fingerprint density at radius 1 is 1.41 bits per heavy atom. The topological polar surface area (TPSA) is 104 Å². The second-order valence-electron chi connectivity index (χ2n) is 6.34. The zero-order chi connectivity index (χ0) is 18.5. The number of nitrogens with two attached hydrogens (primary N) is 1. The predicted molar refractivity (Wildman–Crippen MR) is 107 cm³/mol. The van der Waals surface area contributed by atoms with Gasteiger partial charge in [-0.2, -0.15) is 5.10 Å². The normalized spacial score (nSPS) is 16.5. The van der Waals surface area contributed by atoms with Crippen LogP contribution in [-0.4, -0.2) is 53.1 Å². The van der Waals surface area contributed by atoms with Gasteiger partial charge in [0.25, 0.3) is 5.91 Å². The first-order valence-electron chi connectivity index (χ1n) is 8.66. The van der Waals surface area contributed by atoms with Crippen molar-refractivity contribution in [1.82, 2.24) is 20.4 Å². The van der Waals surface area contributed by atoms with Gasteiger partial charge >= 0.3 is 0 Å². The molecule has 2 heterocycles. The summed E-state index contributed by atoms with van der Waals surface area (Å²) in [7, 11) is 0. The van der Waals surface area contributed by atoms with E-state index in [1.54, 1.807) is 17.0 Å². The highest BCUT2D eigenvalue weighted by molar-refractivity contribution is 6.30. The number of amides is 2. The highest BCUT2D eigenvalue weighted by Crippen LogP contribution is 2.26. The van der Waals surface area contributed by atoms with Gasteiger partial charge in [0, 0.05) is 36.8 Å². The Hall–Kier alpha value is -2.09. The molecule has 146 valence electrons. The van der Waals surface area contributed by atoms with E-state index >= 15 is 0 Å². The van der Waals surface area contributed by atoms with Crippen molar-refractivity contribution in [2.45, 2.75) is 12.8 Å². The van der Waals surface area contributed by atoms with Crippen molar-refractivity contribution in [2.24, 2.45) is 11.7 Å². The van der Waals surface area contributed by atoms with Gasteiger partial charge in [-0.05, 0) is 25.0 Å². The van der Waals surface area contributed by atoms with Gasteiger partial charge in [-0.15, -0.1) is 12.4 Å². The van der Waals surface area contributed by atoms with Crippen LogP contribution in [0, 0.1) is 5.92 Å². The Morgan fingerprint density at radius 3 is 2.96 bits per heavy atom. The number of nitrogens with zero attached hydrogens (tertiary/aromatic N) is 2. The van der Waals surface area contributed by atoms with Crippen LogP contribution >= 0.6 is 24.0 Å². The van der Waals surface area contributed by atoms with Crippen molar-refractivity contribution in [3.05, 3.63) is 41.0 Å². The van der Waals surface area contributed by atoms with E-state index in [4.69, 9.17) is 17.3 Å². The molecule has 7 nitrogen and oxygen atoms in total. The SMILES string of the molecule is Cl.NCCNC(=O)C1CCCN(C(=O)c2cn[nH]c2-c2cccc(Cl)c2)C1. The molecule has 0 aliphatic carbocycles. The third-order valence-electron chi connectivity index (χ3n) is 4.51. The number of benzene rings is 1. The van der Waals surface area contributed by atoms with Gasteiger partial charge in [0.05, 0.1) is 23.4 Å². The van der Waals surface area contributed by atoms with Crippen LogP contribution in [0.15, 0.2) is 30.5 Å². The molecule has 0 spiro atoms. The van der Waals surface area contributed by atoms with Crippen molar-refractivity contribution in [2.75, 3.05) is 26.2 Å². The van der Waals surface area contributed by atoms with E-state index < -0.39 is 0 Å². The zero-order valence-corrected chi connectivity index (χ0v) is 16.4. The molecule has 0 bridgehead atoms. The van der Waals surface area contributed by atoms with E-state index in [1.165, 1.54) is 6.20 Å². The molecule has 1 aliphatic heterocycles. The standard InChI is InChI=1S/C18H22ClN5O2.ClH/c19-14-5-1-3-12(9-14)16-15(10-22-23-16)18(26)24-8-2-4-13(11-24)17(25)21-7-6-20;/h1,3,5,9-10,13H,2,4,6-8,11,20H2,(H,21,25)(H,22,23);1H. The predicted octanol–water partition coefficient (Wildman–Crippen LogP) is 2.08. The maximum absolute atomic E-state index is 13.0. The fourth-order valence-electron chi connectivity index (χ4n) is 3.20. The van der Waals surface area contributed by atoms with Crippen molar-refractivity contribution >= 4 is 35.8 Å². The maximum Gasteiger partial charge on any atom is 0.257 e. The number of hydrogen-bond acceptors (Lipinski definition) is 4. The molecule has 1 saturated heterocycles. The molecular weight excluding hydrogens is 389 g/mol. The molecule has 2 amide bonds. The van der Waals surface area contributed by atoms with E-state index in [-0.39, 0.29) is 30.1 Å². The Labute approximate surface area is 169 Å². The average Bonchev–Trinajstić information content (AvgIpc) is 3.15. The Kier molecular flexibility index (Phi) is 7.65. The lowest BCUT2D eigenvalue weighted by Gasteiger charge is -2.32. The summed E-state index contributed by atoms with van der Waals surface area (Å²) >= 11 is 6.05. The quantitative estimate of drug-likeness (QED) is 0.700. The first kappa shape index (κ1) is 21.2. The summed E-state index contributed by atoms with van der Waals surface area (Å²) in [5.41, 5.74) is 7.34. The number of likely N-dealkylation sites (tertiary alicyclic amines) is 1. The van der Waals surface area contributed by atoms with Crippen LogP contribution in [-0.2, 0) is 4.79 Å². The van der Waals surface area contributed by atoms with Gasteiger partial charge in [-0.1, -0.05) is 23.7 Å². The first-order chi connectivity index (χ1) is 12.6. The van der Waals surface area contributed by atoms with E-state index in [0.717, 1.165) is 18.4 Å². The van der Waals surface area contributed by atoms with Crippen LogP contribution in [0.2, 0.25) is 5.02 Å². The molecule has 2 aromatic rings. The summed E-state index contributed by atoms with van der Waals surface area (Å²) in [6.45, 7) is 1.87. The molecule has 1 aliphatic rings. The number of rotatable bonds is 5. The van der Waals surface area contributed by atoms with Crippen LogP contribution < -0.4 is 11.1 Å². The molecule has 1 fully saturated rings. The van der Waals surface area contributed by atoms with Crippen molar-refractivity contribution in [3.8, 4) is 11.3 Å². The van der Waals surface area contributed by atoms with Gasteiger partial charge in [-0.25, -0.2) is 0 Å². The molecule has 4 N–H and O–H groups in total. The van der Waals surface area contributed by atoms with Crippen LogP contribution in [0.3, 0.4) is 0 Å². The summed E-state index contributed by atoms with van der Waals surface area (Å²) in [6, 6.07) is 7.25. The van der Waals surface area contributed by atoms with E-state index in [1.807, 2.05) is 12.1 Å². The number of carbonyl (C=O) groups is 2. The van der Waals surface area contributed by atoms with Crippen molar-refractivity contribution in [3.63, 3.8) is 0 Å². The summed E-state index contributed by atoms with van der Waals surface area (Å²) in [5.74, 6) is -0.388. The molecular formula is C18H23Cl2N5O2. The largest absolute Gasteiger partial charge is 0.355 e. The molecule has 9 heteroatoms. The number of piperidine rings is 1. The zero-order valence-electron chi connectivity index (χ0n) is 14.8. The molecule has 27 heavy (non-hydrogen) atoms. The van der Waals surface area contributed by atoms with E-state index in [0.29, 0.717) is 42.5 Å². The van der Waals surface area contributed by atoms with Crippen LogP contribution in [0.5, 0.6) is 0 Å². The second kappa shape index (κ2) is 9.73. The number of hydrogen-bond donors (Lipinski definition) is 3. The smallest absolute Gasteiger partial charge is 0.257 e. The molecule has 0 saturated carbocycles. The molecule has 1 atom stereocenters. The minimum absolute atomic E-state index is 0. The Morgan fingerprint density at radius 2 is 2.22 bits per heavy atom. The van der Waals surface area contributed by atoms with Crippen LogP contribution in [0.4, 0.5) is 0 Å². The second-order valence-corrected chi connectivity index (χ2v) is 6.78. The molecule has 3 rings (SSSR count). The third-order valence-corrected chi connectivity index (χ3v) is 4.74. The molecule has 1 aromatic heterocycles. The fraction of sp³-hybridized carbons (Fsp3) is 0.389. The first-order valence-corrected chi connectivity index (χ1v) is 9.04. The lowest BCUT2D eigenvalue weighted by Crippen LogP contribution is -2.46. The van der Waals surface area contributed by atoms with Gasteiger partial charge < -0.3 is 16.0 Å². The lowest BCUT2D eigenvalue weighted by molar-refractivity contribution is -0.126. The Balaban J connectivity index is 0.00000261. The molecule has 0 radical (unpaired) electrons. The number of carbonyl (C=O) groups excluding carboxylic acids is 2. The monoisotopic (exact) mass is 411 g/mol. The minimum Gasteiger partial charge on any atom is -0.355 e. The van der Waals surface area contributed by atoms with E-state index in [9.17, 15) is 9.59 Å². The minimum atomic E-state index is -0.208. The number of halogens is 2. The van der Waals surface area contributed by atoms with Gasteiger partial charge in [0.15, 0.2) is 0 Å². The van der Waals surface area contributed by atoms with Crippen molar-refractivity contribution in [1.29, 1.82) is 0 Å². The lowest BCUT2D eigenvalue weighted by atomic mass is 9.96. The number of aromatic amines is 1. The summed E-state index contributed by atoms with van der Waals surface area (Å²) < 4.78 is 0. The highest BCUT2D eigenvalue weighted by Gasteiger charge is 2.30. The summed E-state index contributed by atoms with van der Waals surface area (Å²) in [4.78, 5) is 26.9. The summed E-state index contributed by atoms with van der Waals surface area (Å²) in [6.07, 6.45) is 3.08. The van der Waals surface area contributed by atoms with Crippen molar-refractivity contribution < 1.29 is 9.59 Å². The maximum atomic E-state index is 13.0. The average molecular weight is 412 g/mol. The summed E-state index contributed by atoms with van der Waals surface area (Å²) in [5, 5.41) is 10.3. The molecule has 1 aromatic carbocycles. The Bertz CT molecular complexity index is 796. The van der Waals surface area contributed by atoms with E-state index in [2.05, 4.69) is 15.5 Å². The number of nitrogens with one attached hydrogen (secondary N) is 2. The third kappa shape index (κ3) is 5.00. The van der Waals surface area contributed by atoms with Gasteiger partial charge in [-0.3, -0.25) is 14.7 Å². The molecule has 1 unspecified atom stereocenters. The van der Waals surface area contributed by atoms with Crippen LogP contribution in [0.25, 0.3) is 11.3 Å². The van der Waals surface area contributed by atoms with Crippen LogP contribution in [0.1, 0.15) is 23.2 Å². The fourth-order valence-corrected chi connectivity index (χ4v) is 3.39. The van der Waals surface area contributed by atoms with Gasteiger partial charge in [0.1, 0.15) is 0 Å². The number of aromatic nitrogens is 2. The number of H-pyrrole nitrogens is 1.